The average Bonchev–Trinajstić information content (AvgIpc) is 3.11. The zero-order valence-electron chi connectivity index (χ0n) is 17.5. The van der Waals surface area contributed by atoms with Gasteiger partial charge in [0, 0.05) is 24.0 Å². The first-order chi connectivity index (χ1) is 13.5. The highest BCUT2D eigenvalue weighted by molar-refractivity contribution is 5.84. The number of nitrogens with zero attached hydrogens (tertiary/aromatic N) is 2. The molecule has 0 radical (unpaired) electrons. The van der Waals surface area contributed by atoms with E-state index in [4.69, 9.17) is 14.4 Å². The maximum Gasteiger partial charge on any atom is 0.407 e. The number of aromatic nitrogens is 1. The highest BCUT2D eigenvalue weighted by atomic mass is 16.5. The van der Waals surface area contributed by atoms with Gasteiger partial charge in [-0.1, -0.05) is 12.1 Å². The van der Waals surface area contributed by atoms with E-state index in [1.807, 2.05) is 33.2 Å². The molecule has 2 N–H and O–H groups in total. The lowest BCUT2D eigenvalue weighted by Gasteiger charge is -2.29. The number of ether oxygens (including phenoxy) is 1. The molecule has 28 heavy (non-hydrogen) atoms. The highest BCUT2D eigenvalue weighted by Crippen LogP contribution is 2.31. The van der Waals surface area contributed by atoms with Crippen molar-refractivity contribution >= 4 is 17.1 Å². The second-order valence-corrected chi connectivity index (χ2v) is 7.29. The van der Waals surface area contributed by atoms with Crippen LogP contribution in [0.4, 0.5) is 4.79 Å². The van der Waals surface area contributed by atoms with Crippen molar-refractivity contribution in [2.75, 3.05) is 33.8 Å². The van der Waals surface area contributed by atoms with Crippen LogP contribution in [-0.4, -0.2) is 55.0 Å². The van der Waals surface area contributed by atoms with E-state index in [-0.39, 0.29) is 0 Å². The Bertz CT molecular complexity index is 751. The number of carboxylic acid groups (broad SMARTS) is 1. The summed E-state index contributed by atoms with van der Waals surface area (Å²) in [7, 11) is 3.75. The molecule has 1 aliphatic heterocycles. The van der Waals surface area contributed by atoms with Crippen LogP contribution in [0.3, 0.4) is 0 Å². The summed E-state index contributed by atoms with van der Waals surface area (Å²) >= 11 is 0. The third-order valence-corrected chi connectivity index (χ3v) is 5.05. The fourth-order valence-electron chi connectivity index (χ4n) is 3.47. The Balaban J connectivity index is 0.000000878. The maximum atomic E-state index is 11.0. The van der Waals surface area contributed by atoms with Gasteiger partial charge in [0.15, 0.2) is 5.58 Å². The Hall–Kier alpha value is -2.28. The predicted octanol–water partition coefficient (Wildman–Crippen LogP) is 4.08. The van der Waals surface area contributed by atoms with E-state index in [0.29, 0.717) is 25.6 Å². The summed E-state index contributed by atoms with van der Waals surface area (Å²) in [5.74, 6) is 1.41. The molecule has 1 saturated heterocycles. The van der Waals surface area contributed by atoms with Crippen molar-refractivity contribution in [3.8, 4) is 5.75 Å². The molecule has 0 unspecified atom stereocenters. The van der Waals surface area contributed by atoms with Gasteiger partial charge in [-0.3, -0.25) is 0 Å². The van der Waals surface area contributed by atoms with Crippen LogP contribution in [-0.2, 0) is 6.42 Å². The lowest BCUT2D eigenvalue weighted by molar-refractivity contribution is 0.123. The fourth-order valence-corrected chi connectivity index (χ4v) is 3.47. The zero-order chi connectivity index (χ0) is 20.5. The van der Waals surface area contributed by atoms with E-state index in [2.05, 4.69) is 17.4 Å². The second kappa shape index (κ2) is 10.9. The summed E-state index contributed by atoms with van der Waals surface area (Å²) < 4.78 is 11.3. The van der Waals surface area contributed by atoms with Crippen LogP contribution in [0.25, 0.3) is 11.0 Å². The summed E-state index contributed by atoms with van der Waals surface area (Å²) in [5, 5.41) is 17.1. The normalized spacial score (nSPS) is 14.6. The number of amides is 1. The van der Waals surface area contributed by atoms with Crippen molar-refractivity contribution in [1.82, 2.24) is 15.4 Å². The van der Waals surface area contributed by atoms with Crippen LogP contribution >= 0.6 is 0 Å². The Kier molecular flexibility index (Phi) is 8.57. The van der Waals surface area contributed by atoms with Gasteiger partial charge >= 0.3 is 6.09 Å². The van der Waals surface area contributed by atoms with E-state index in [9.17, 15) is 4.79 Å². The van der Waals surface area contributed by atoms with Crippen molar-refractivity contribution in [2.45, 2.75) is 46.0 Å². The molecule has 0 atom stereocenters. The van der Waals surface area contributed by atoms with Gasteiger partial charge in [-0.15, -0.1) is 0 Å². The first-order valence-corrected chi connectivity index (χ1v) is 10.1. The number of piperidine rings is 1. The molecule has 1 amide bonds. The predicted molar refractivity (Wildman–Crippen MR) is 110 cm³/mol. The topological polar surface area (TPSA) is 87.8 Å². The summed E-state index contributed by atoms with van der Waals surface area (Å²) in [4.78, 5) is 12.5. The van der Waals surface area contributed by atoms with Gasteiger partial charge in [0.2, 0.25) is 0 Å². The van der Waals surface area contributed by atoms with Gasteiger partial charge in [-0.05, 0) is 71.2 Å². The molecule has 0 spiro atoms. The summed E-state index contributed by atoms with van der Waals surface area (Å²) in [6.45, 7) is 6.06. The van der Waals surface area contributed by atoms with Gasteiger partial charge < -0.3 is 24.6 Å². The third kappa shape index (κ3) is 5.61. The lowest BCUT2D eigenvalue weighted by Crippen LogP contribution is -2.37. The number of hydrogen-bond donors (Lipinski definition) is 2. The smallest absolute Gasteiger partial charge is 0.407 e. The molecular formula is C21H33N3O4. The second-order valence-electron chi connectivity index (χ2n) is 7.29. The summed E-state index contributed by atoms with van der Waals surface area (Å²) in [5.41, 5.74) is 2.80. The quantitative estimate of drug-likeness (QED) is 0.771. The van der Waals surface area contributed by atoms with Crippen LogP contribution in [0.15, 0.2) is 16.7 Å². The van der Waals surface area contributed by atoms with Crippen molar-refractivity contribution in [2.24, 2.45) is 5.92 Å². The number of benzene rings is 1. The molecule has 0 saturated carbocycles. The Morgan fingerprint density at radius 3 is 2.64 bits per heavy atom. The van der Waals surface area contributed by atoms with Crippen molar-refractivity contribution < 1.29 is 19.2 Å². The maximum absolute atomic E-state index is 11.0. The third-order valence-electron chi connectivity index (χ3n) is 5.05. The molecule has 0 bridgehead atoms. The lowest BCUT2D eigenvalue weighted by atomic mass is 9.91. The SMILES string of the molecule is CCCOc1ccc2c(CCC3CCN(C(=O)O)CC3)noc2c1C.CNC. The van der Waals surface area contributed by atoms with E-state index < -0.39 is 6.09 Å². The molecule has 7 heteroatoms. The standard InChI is InChI=1S/C19H26N2O4.C2H7N/c1-3-12-24-17-7-5-15-16(20-25-18(15)13(17)2)6-4-14-8-10-21(11-9-14)19(22)23;1-3-2/h5,7,14H,3-4,6,8-12H2,1-2H3,(H,22,23);3H,1-2H3. The summed E-state index contributed by atoms with van der Waals surface area (Å²) in [6.07, 6.45) is 3.89. The number of hydrogen-bond acceptors (Lipinski definition) is 5. The zero-order valence-corrected chi connectivity index (χ0v) is 17.5. The molecule has 1 aliphatic rings. The molecule has 3 rings (SSSR count). The number of carbonyl (C=O) groups is 1. The monoisotopic (exact) mass is 391 g/mol. The molecule has 0 aliphatic carbocycles. The molecule has 2 heterocycles. The minimum absolute atomic E-state index is 0.551. The minimum Gasteiger partial charge on any atom is -0.493 e. The Morgan fingerprint density at radius 1 is 1.36 bits per heavy atom. The van der Waals surface area contributed by atoms with Crippen molar-refractivity contribution in [1.29, 1.82) is 0 Å². The average molecular weight is 392 g/mol. The molecule has 1 aromatic carbocycles. The first kappa shape index (κ1) is 22.0. The summed E-state index contributed by atoms with van der Waals surface area (Å²) in [6, 6.07) is 4.03. The minimum atomic E-state index is -0.808. The van der Waals surface area contributed by atoms with Crippen molar-refractivity contribution in [3.05, 3.63) is 23.4 Å². The Labute approximate surface area is 167 Å². The molecule has 1 aromatic heterocycles. The molecular weight excluding hydrogens is 358 g/mol. The van der Waals surface area contributed by atoms with Gasteiger partial charge in [0.05, 0.1) is 12.3 Å². The van der Waals surface area contributed by atoms with E-state index in [1.54, 1.807) is 0 Å². The van der Waals surface area contributed by atoms with Gasteiger partial charge in [0.1, 0.15) is 5.75 Å². The fraction of sp³-hybridized carbons (Fsp3) is 0.619. The van der Waals surface area contributed by atoms with E-state index >= 15 is 0 Å². The van der Waals surface area contributed by atoms with Crippen LogP contribution < -0.4 is 10.1 Å². The van der Waals surface area contributed by atoms with Crippen LogP contribution in [0.1, 0.15) is 43.9 Å². The van der Waals surface area contributed by atoms with Crippen LogP contribution in [0.2, 0.25) is 0 Å². The van der Waals surface area contributed by atoms with Gasteiger partial charge in [-0.2, -0.15) is 0 Å². The first-order valence-electron chi connectivity index (χ1n) is 10.1. The number of likely N-dealkylation sites (tertiary alicyclic amines) is 1. The van der Waals surface area contributed by atoms with Gasteiger partial charge in [-0.25, -0.2) is 4.79 Å². The Morgan fingerprint density at radius 2 is 2.04 bits per heavy atom. The molecule has 7 nitrogen and oxygen atoms in total. The van der Waals surface area contributed by atoms with Gasteiger partial charge in [0.25, 0.3) is 0 Å². The highest BCUT2D eigenvalue weighted by Gasteiger charge is 2.23. The van der Waals surface area contributed by atoms with E-state index in [0.717, 1.165) is 60.1 Å². The van der Waals surface area contributed by atoms with Crippen LogP contribution in [0, 0.1) is 12.8 Å². The molecule has 156 valence electrons. The number of rotatable bonds is 6. The number of fused-ring (bicyclic) bond motifs is 1. The van der Waals surface area contributed by atoms with Crippen molar-refractivity contribution in [3.63, 3.8) is 0 Å². The molecule has 2 aromatic rings. The van der Waals surface area contributed by atoms with E-state index in [1.165, 1.54) is 4.90 Å². The number of aryl methyl sites for hydroxylation is 2. The largest absolute Gasteiger partial charge is 0.493 e. The number of nitrogens with one attached hydrogen (secondary N) is 1. The van der Waals surface area contributed by atoms with Crippen LogP contribution in [0.5, 0.6) is 5.75 Å². The molecule has 1 fully saturated rings.